The lowest BCUT2D eigenvalue weighted by molar-refractivity contribution is -0.385. The van der Waals surface area contributed by atoms with Gasteiger partial charge < -0.3 is 9.73 Å². The van der Waals surface area contributed by atoms with Crippen LogP contribution >= 0.6 is 0 Å². The van der Waals surface area contributed by atoms with Gasteiger partial charge in [-0.25, -0.2) is 0 Å². The Morgan fingerprint density at radius 3 is 3.05 bits per heavy atom. The standard InChI is InChI=1S/C13H14N4O4/c1-7-4-9(7)11-3-2-8(21-11)5-14-13(18)12-10(17(19)20)6-15-16-12/h2-3,6-7,9H,4-5H2,1H3,(H,14,18)(H,15,16)/t7-,9+/m1/s1. The first kappa shape index (κ1) is 13.3. The highest BCUT2D eigenvalue weighted by Gasteiger charge is 2.36. The molecule has 0 radical (unpaired) electrons. The molecule has 0 unspecified atom stereocenters. The molecule has 1 aliphatic rings. The van der Waals surface area contributed by atoms with Gasteiger partial charge in [-0.3, -0.25) is 20.0 Å². The van der Waals surface area contributed by atoms with Crippen LogP contribution in [0.25, 0.3) is 0 Å². The van der Waals surface area contributed by atoms with Crippen LogP contribution in [-0.4, -0.2) is 21.0 Å². The molecule has 2 N–H and O–H groups in total. The average molecular weight is 290 g/mol. The molecule has 1 amide bonds. The number of rotatable bonds is 5. The third-order valence-electron chi connectivity index (χ3n) is 3.62. The number of nitrogens with zero attached hydrogens (tertiary/aromatic N) is 2. The Hall–Kier alpha value is -2.64. The van der Waals surface area contributed by atoms with Crippen LogP contribution < -0.4 is 5.32 Å². The summed E-state index contributed by atoms with van der Waals surface area (Å²) >= 11 is 0. The first-order valence-electron chi connectivity index (χ1n) is 6.61. The SMILES string of the molecule is C[C@@H]1C[C@@H]1c1ccc(CNC(=O)c2[nH]ncc2[N+](=O)[O-])o1. The number of carbonyl (C=O) groups excluding carboxylic acids is 1. The molecule has 110 valence electrons. The van der Waals surface area contributed by atoms with Crippen LogP contribution in [0.1, 0.15) is 41.3 Å². The smallest absolute Gasteiger partial charge is 0.319 e. The van der Waals surface area contributed by atoms with Crippen molar-refractivity contribution in [3.8, 4) is 0 Å². The van der Waals surface area contributed by atoms with Crippen molar-refractivity contribution in [1.29, 1.82) is 0 Å². The summed E-state index contributed by atoms with van der Waals surface area (Å²) in [6, 6.07) is 3.72. The van der Waals surface area contributed by atoms with Crippen molar-refractivity contribution in [2.75, 3.05) is 0 Å². The van der Waals surface area contributed by atoms with Crippen molar-refractivity contribution in [2.45, 2.75) is 25.8 Å². The highest BCUT2D eigenvalue weighted by atomic mass is 16.6. The molecule has 2 aromatic heterocycles. The molecule has 8 heteroatoms. The highest BCUT2D eigenvalue weighted by molar-refractivity contribution is 5.95. The minimum Gasteiger partial charge on any atom is -0.464 e. The van der Waals surface area contributed by atoms with Gasteiger partial charge in [0.25, 0.3) is 5.91 Å². The fraction of sp³-hybridized carbons (Fsp3) is 0.385. The second-order valence-electron chi connectivity index (χ2n) is 5.19. The van der Waals surface area contributed by atoms with E-state index in [-0.39, 0.29) is 17.9 Å². The molecule has 0 aliphatic heterocycles. The Morgan fingerprint density at radius 2 is 2.38 bits per heavy atom. The second kappa shape index (κ2) is 5.04. The summed E-state index contributed by atoms with van der Waals surface area (Å²) in [5.41, 5.74) is -0.512. The van der Waals surface area contributed by atoms with E-state index in [1.54, 1.807) is 0 Å². The lowest BCUT2D eigenvalue weighted by Gasteiger charge is -2.01. The minimum atomic E-state index is -0.655. The minimum absolute atomic E-state index is 0.164. The fourth-order valence-electron chi connectivity index (χ4n) is 2.25. The van der Waals surface area contributed by atoms with Gasteiger partial charge in [0.15, 0.2) is 0 Å². The van der Waals surface area contributed by atoms with Crippen LogP contribution in [0, 0.1) is 16.0 Å². The molecule has 8 nitrogen and oxygen atoms in total. The highest BCUT2D eigenvalue weighted by Crippen LogP contribution is 2.47. The first-order chi connectivity index (χ1) is 10.1. The van der Waals surface area contributed by atoms with Gasteiger partial charge in [0, 0.05) is 5.92 Å². The summed E-state index contributed by atoms with van der Waals surface area (Å²) < 4.78 is 5.65. The summed E-state index contributed by atoms with van der Waals surface area (Å²) in [4.78, 5) is 22.0. The molecule has 1 saturated carbocycles. The van der Waals surface area contributed by atoms with E-state index in [1.165, 1.54) is 0 Å². The Labute approximate surface area is 119 Å². The van der Waals surface area contributed by atoms with Crippen LogP contribution in [0.4, 0.5) is 5.69 Å². The number of aromatic amines is 1. The van der Waals surface area contributed by atoms with E-state index >= 15 is 0 Å². The number of H-pyrrole nitrogens is 1. The molecular weight excluding hydrogens is 276 g/mol. The number of nitro groups is 1. The molecule has 0 spiro atoms. The van der Waals surface area contributed by atoms with E-state index in [2.05, 4.69) is 22.4 Å². The van der Waals surface area contributed by atoms with Crippen LogP contribution in [-0.2, 0) is 6.54 Å². The molecule has 21 heavy (non-hydrogen) atoms. The summed E-state index contributed by atoms with van der Waals surface area (Å²) in [5, 5.41) is 19.1. The normalized spacial score (nSPS) is 20.2. The van der Waals surface area contributed by atoms with Gasteiger partial charge in [-0.2, -0.15) is 5.10 Å². The van der Waals surface area contributed by atoms with Crippen molar-refractivity contribution in [3.63, 3.8) is 0 Å². The predicted octanol–water partition coefficient (Wildman–Crippen LogP) is 1.96. The van der Waals surface area contributed by atoms with Crippen LogP contribution in [0.15, 0.2) is 22.7 Å². The predicted molar refractivity (Wildman–Crippen MR) is 71.6 cm³/mol. The van der Waals surface area contributed by atoms with Gasteiger partial charge in [-0.15, -0.1) is 0 Å². The van der Waals surface area contributed by atoms with E-state index in [1.807, 2.05) is 12.1 Å². The zero-order valence-corrected chi connectivity index (χ0v) is 11.3. The van der Waals surface area contributed by atoms with Crippen molar-refractivity contribution >= 4 is 11.6 Å². The van der Waals surface area contributed by atoms with Crippen molar-refractivity contribution < 1.29 is 14.1 Å². The first-order valence-corrected chi connectivity index (χ1v) is 6.61. The van der Waals surface area contributed by atoms with Gasteiger partial charge in [-0.1, -0.05) is 6.92 Å². The molecule has 2 aromatic rings. The van der Waals surface area contributed by atoms with E-state index in [9.17, 15) is 14.9 Å². The molecule has 2 atom stereocenters. The Morgan fingerprint density at radius 1 is 1.62 bits per heavy atom. The quantitative estimate of drug-likeness (QED) is 0.645. The van der Waals surface area contributed by atoms with Gasteiger partial charge in [0.1, 0.15) is 17.7 Å². The zero-order valence-electron chi connectivity index (χ0n) is 11.3. The maximum Gasteiger partial charge on any atom is 0.319 e. The average Bonchev–Trinajstić information content (AvgIpc) is 2.90. The largest absolute Gasteiger partial charge is 0.464 e. The fourth-order valence-corrected chi connectivity index (χ4v) is 2.25. The number of carbonyl (C=O) groups is 1. The Bertz CT molecular complexity index is 690. The van der Waals surface area contributed by atoms with E-state index in [0.29, 0.717) is 17.6 Å². The van der Waals surface area contributed by atoms with Crippen LogP contribution in [0.5, 0.6) is 0 Å². The number of furan rings is 1. The Kier molecular flexibility index (Phi) is 3.20. The summed E-state index contributed by atoms with van der Waals surface area (Å²) in [6.45, 7) is 2.34. The number of hydrogen-bond donors (Lipinski definition) is 2. The lowest BCUT2D eigenvalue weighted by Crippen LogP contribution is -2.23. The Balaban J connectivity index is 1.62. The maximum absolute atomic E-state index is 11.9. The topological polar surface area (TPSA) is 114 Å². The number of hydrogen-bond acceptors (Lipinski definition) is 5. The van der Waals surface area contributed by atoms with Gasteiger partial charge >= 0.3 is 5.69 Å². The summed E-state index contributed by atoms with van der Waals surface area (Å²) in [5.74, 6) is 2.09. The molecule has 0 saturated heterocycles. The molecule has 0 aromatic carbocycles. The number of aromatic nitrogens is 2. The molecule has 1 aliphatic carbocycles. The monoisotopic (exact) mass is 290 g/mol. The van der Waals surface area contributed by atoms with Crippen LogP contribution in [0.2, 0.25) is 0 Å². The van der Waals surface area contributed by atoms with E-state index in [4.69, 9.17) is 4.42 Å². The van der Waals surface area contributed by atoms with Gasteiger partial charge in [-0.05, 0) is 24.5 Å². The van der Waals surface area contributed by atoms with Crippen molar-refractivity contribution in [1.82, 2.24) is 15.5 Å². The lowest BCUT2D eigenvalue weighted by atomic mass is 10.3. The van der Waals surface area contributed by atoms with Crippen molar-refractivity contribution in [2.24, 2.45) is 5.92 Å². The summed E-state index contributed by atoms with van der Waals surface area (Å²) in [7, 11) is 0. The van der Waals surface area contributed by atoms with Crippen LogP contribution in [0.3, 0.4) is 0 Å². The molecule has 0 bridgehead atoms. The molecule has 2 heterocycles. The van der Waals surface area contributed by atoms with Crippen molar-refractivity contribution in [3.05, 3.63) is 45.7 Å². The van der Waals surface area contributed by atoms with Gasteiger partial charge in [0.2, 0.25) is 5.69 Å². The zero-order chi connectivity index (χ0) is 15.0. The summed E-state index contributed by atoms with van der Waals surface area (Å²) in [6.07, 6.45) is 2.13. The number of amides is 1. The molecule has 3 rings (SSSR count). The molecular formula is C13H14N4O4. The second-order valence-corrected chi connectivity index (χ2v) is 5.19. The third-order valence-corrected chi connectivity index (χ3v) is 3.62. The van der Waals surface area contributed by atoms with E-state index < -0.39 is 10.8 Å². The number of nitrogens with one attached hydrogen (secondary N) is 2. The van der Waals surface area contributed by atoms with E-state index in [0.717, 1.165) is 18.4 Å². The third kappa shape index (κ3) is 2.64. The molecule has 1 fully saturated rings. The maximum atomic E-state index is 11.9. The van der Waals surface area contributed by atoms with Gasteiger partial charge in [0.05, 0.1) is 11.5 Å².